The number of carbonyl (C=O) groups is 1. The van der Waals surface area contributed by atoms with Gasteiger partial charge in [0.05, 0.1) is 12.5 Å². The highest BCUT2D eigenvalue weighted by Gasteiger charge is 2.22. The summed E-state index contributed by atoms with van der Waals surface area (Å²) in [5.41, 5.74) is 0.249. The van der Waals surface area contributed by atoms with Crippen LogP contribution in [-0.4, -0.2) is 17.7 Å². The quantitative estimate of drug-likeness (QED) is 0.742. The van der Waals surface area contributed by atoms with Crippen LogP contribution in [0.5, 0.6) is 5.75 Å². The first-order valence-corrected chi connectivity index (χ1v) is 7.33. The van der Waals surface area contributed by atoms with E-state index in [-0.39, 0.29) is 5.56 Å². The lowest BCUT2D eigenvalue weighted by molar-refractivity contribution is -0.139. The molecule has 0 bridgehead atoms. The van der Waals surface area contributed by atoms with Gasteiger partial charge in [0.25, 0.3) is 0 Å². The van der Waals surface area contributed by atoms with Crippen LogP contribution in [0, 0.1) is 5.82 Å². The number of rotatable bonds is 8. The topological polar surface area (TPSA) is 46.5 Å². The molecule has 0 aliphatic heterocycles. The van der Waals surface area contributed by atoms with Crippen LogP contribution in [0.15, 0.2) is 54.6 Å². The van der Waals surface area contributed by atoms with Gasteiger partial charge < -0.3 is 9.84 Å². The van der Waals surface area contributed by atoms with E-state index in [9.17, 15) is 14.3 Å². The molecule has 2 aromatic rings. The largest absolute Gasteiger partial charge is 0.494 e. The molecule has 0 spiro atoms. The van der Waals surface area contributed by atoms with Crippen LogP contribution < -0.4 is 4.74 Å². The monoisotopic (exact) mass is 302 g/mol. The van der Waals surface area contributed by atoms with Crippen molar-refractivity contribution in [3.63, 3.8) is 0 Å². The number of carboxylic acid groups (broad SMARTS) is 1. The fourth-order valence-corrected chi connectivity index (χ4v) is 2.33. The first-order chi connectivity index (χ1) is 10.7. The van der Waals surface area contributed by atoms with Crippen LogP contribution in [0.2, 0.25) is 0 Å². The Morgan fingerprint density at radius 1 is 1.05 bits per heavy atom. The maximum Gasteiger partial charge on any atom is 0.311 e. The first kappa shape index (κ1) is 16.0. The lowest BCUT2D eigenvalue weighted by atomic mass is 9.93. The second-order valence-corrected chi connectivity index (χ2v) is 5.07. The van der Waals surface area contributed by atoms with Crippen LogP contribution in [0.1, 0.15) is 30.7 Å². The summed E-state index contributed by atoms with van der Waals surface area (Å²) in [5, 5.41) is 9.29. The van der Waals surface area contributed by atoms with E-state index >= 15 is 0 Å². The van der Waals surface area contributed by atoms with Gasteiger partial charge in [-0.2, -0.15) is 0 Å². The summed E-state index contributed by atoms with van der Waals surface area (Å²) in [7, 11) is 0. The average molecular weight is 302 g/mol. The second-order valence-electron chi connectivity index (χ2n) is 5.07. The summed E-state index contributed by atoms with van der Waals surface area (Å²) in [4.78, 5) is 11.3. The fourth-order valence-electron chi connectivity index (χ4n) is 2.33. The molecule has 0 aromatic heterocycles. The Hall–Kier alpha value is -2.36. The zero-order chi connectivity index (χ0) is 15.8. The van der Waals surface area contributed by atoms with E-state index in [2.05, 4.69) is 0 Å². The van der Waals surface area contributed by atoms with Crippen LogP contribution in [0.3, 0.4) is 0 Å². The highest BCUT2D eigenvalue weighted by Crippen LogP contribution is 2.25. The van der Waals surface area contributed by atoms with E-state index in [1.54, 1.807) is 12.1 Å². The number of unbranched alkanes of at least 4 members (excludes halogenated alkanes) is 1. The molecule has 1 unspecified atom stereocenters. The summed E-state index contributed by atoms with van der Waals surface area (Å²) in [6.07, 6.45) is 1.79. The molecule has 0 saturated heterocycles. The molecule has 1 N–H and O–H groups in total. The van der Waals surface area contributed by atoms with Gasteiger partial charge in [-0.3, -0.25) is 4.79 Å². The maximum atomic E-state index is 13.7. The number of hydrogen-bond donors (Lipinski definition) is 1. The summed E-state index contributed by atoms with van der Waals surface area (Å²) in [6.45, 7) is 0.521. The van der Waals surface area contributed by atoms with E-state index in [1.807, 2.05) is 30.3 Å². The van der Waals surface area contributed by atoms with E-state index < -0.39 is 17.7 Å². The summed E-state index contributed by atoms with van der Waals surface area (Å²) in [6, 6.07) is 15.5. The van der Waals surface area contributed by atoms with Gasteiger partial charge in [0.2, 0.25) is 0 Å². The van der Waals surface area contributed by atoms with Gasteiger partial charge in [0.15, 0.2) is 0 Å². The molecule has 3 nitrogen and oxygen atoms in total. The van der Waals surface area contributed by atoms with Crippen molar-refractivity contribution in [2.75, 3.05) is 6.61 Å². The molecular weight excluding hydrogens is 283 g/mol. The molecule has 0 radical (unpaired) electrons. The minimum atomic E-state index is -0.992. The van der Waals surface area contributed by atoms with Crippen molar-refractivity contribution in [1.29, 1.82) is 0 Å². The fraction of sp³-hybridized carbons (Fsp3) is 0.278. The predicted molar refractivity (Wildman–Crippen MR) is 82.6 cm³/mol. The van der Waals surface area contributed by atoms with Gasteiger partial charge in [0, 0.05) is 5.56 Å². The number of ether oxygens (including phenoxy) is 1. The number of hydrogen-bond acceptors (Lipinski definition) is 2. The van der Waals surface area contributed by atoms with Crippen LogP contribution >= 0.6 is 0 Å². The number of para-hydroxylation sites is 1. The third-order valence-corrected chi connectivity index (χ3v) is 3.48. The van der Waals surface area contributed by atoms with Crippen LogP contribution in [0.25, 0.3) is 0 Å². The van der Waals surface area contributed by atoms with Crippen molar-refractivity contribution in [3.8, 4) is 5.75 Å². The van der Waals surface area contributed by atoms with E-state index in [0.29, 0.717) is 19.4 Å². The Labute approximate surface area is 129 Å². The average Bonchev–Trinajstić information content (AvgIpc) is 2.52. The predicted octanol–water partition coefficient (Wildman–Crippen LogP) is 4.24. The normalized spacial score (nSPS) is 11.9. The van der Waals surface area contributed by atoms with Crippen molar-refractivity contribution in [2.45, 2.75) is 25.2 Å². The van der Waals surface area contributed by atoms with Gasteiger partial charge >= 0.3 is 5.97 Å². The molecule has 2 rings (SSSR count). The molecule has 0 saturated carbocycles. The summed E-state index contributed by atoms with van der Waals surface area (Å²) >= 11 is 0. The molecule has 4 heteroatoms. The van der Waals surface area contributed by atoms with Crippen molar-refractivity contribution in [1.82, 2.24) is 0 Å². The Bertz CT molecular complexity index is 598. The van der Waals surface area contributed by atoms with Gasteiger partial charge in [-0.25, -0.2) is 4.39 Å². The zero-order valence-corrected chi connectivity index (χ0v) is 12.2. The molecule has 22 heavy (non-hydrogen) atoms. The van der Waals surface area contributed by atoms with E-state index in [4.69, 9.17) is 4.74 Å². The molecule has 1 atom stereocenters. The van der Waals surface area contributed by atoms with E-state index in [1.165, 1.54) is 12.1 Å². The number of carboxylic acids is 1. The Morgan fingerprint density at radius 2 is 1.73 bits per heavy atom. The summed E-state index contributed by atoms with van der Waals surface area (Å²) < 4.78 is 19.3. The number of benzene rings is 2. The Balaban J connectivity index is 1.81. The highest BCUT2D eigenvalue weighted by atomic mass is 19.1. The van der Waals surface area contributed by atoms with Crippen molar-refractivity contribution in [3.05, 3.63) is 66.0 Å². The molecule has 0 aliphatic rings. The van der Waals surface area contributed by atoms with Crippen molar-refractivity contribution in [2.24, 2.45) is 0 Å². The smallest absolute Gasteiger partial charge is 0.311 e. The lowest BCUT2D eigenvalue weighted by Gasteiger charge is -2.13. The maximum absolute atomic E-state index is 13.7. The number of aliphatic carboxylic acids is 1. The SMILES string of the molecule is O=C(O)C(CCCCOc1ccccc1)c1ccccc1F. The van der Waals surface area contributed by atoms with Crippen LogP contribution in [-0.2, 0) is 4.79 Å². The third-order valence-electron chi connectivity index (χ3n) is 3.48. The molecule has 2 aromatic carbocycles. The molecule has 116 valence electrons. The lowest BCUT2D eigenvalue weighted by Crippen LogP contribution is -2.13. The Morgan fingerprint density at radius 3 is 2.41 bits per heavy atom. The van der Waals surface area contributed by atoms with E-state index in [0.717, 1.165) is 12.2 Å². The molecule has 0 amide bonds. The van der Waals surface area contributed by atoms with Crippen LogP contribution in [0.4, 0.5) is 4.39 Å². The summed E-state index contributed by atoms with van der Waals surface area (Å²) in [5.74, 6) is -1.46. The standard InChI is InChI=1S/C18H19FO3/c19-17-12-5-4-10-15(17)16(18(20)21)11-6-7-13-22-14-8-2-1-3-9-14/h1-5,8-10,12,16H,6-7,11,13H2,(H,20,21). The Kier molecular flexibility index (Phi) is 5.95. The zero-order valence-electron chi connectivity index (χ0n) is 12.2. The first-order valence-electron chi connectivity index (χ1n) is 7.33. The van der Waals surface area contributed by atoms with Crippen molar-refractivity contribution < 1.29 is 19.0 Å². The molecular formula is C18H19FO3. The third kappa shape index (κ3) is 4.58. The van der Waals surface area contributed by atoms with Gasteiger partial charge in [0.1, 0.15) is 11.6 Å². The number of halogens is 1. The minimum Gasteiger partial charge on any atom is -0.494 e. The van der Waals surface area contributed by atoms with Gasteiger partial charge in [-0.1, -0.05) is 36.4 Å². The highest BCUT2D eigenvalue weighted by molar-refractivity contribution is 5.76. The van der Waals surface area contributed by atoms with Crippen molar-refractivity contribution >= 4 is 5.97 Å². The molecule has 0 heterocycles. The minimum absolute atomic E-state index is 0.249. The molecule has 0 aliphatic carbocycles. The second kappa shape index (κ2) is 8.17. The molecule has 0 fully saturated rings. The van der Waals surface area contributed by atoms with Gasteiger partial charge in [-0.05, 0) is 37.5 Å². The van der Waals surface area contributed by atoms with Gasteiger partial charge in [-0.15, -0.1) is 0 Å².